The van der Waals surface area contributed by atoms with Gasteiger partial charge in [-0.15, -0.1) is 0 Å². The van der Waals surface area contributed by atoms with Crippen molar-refractivity contribution < 1.29 is 57.0 Å². The van der Waals surface area contributed by atoms with Crippen LogP contribution in [0.4, 0.5) is 0 Å². The predicted molar refractivity (Wildman–Crippen MR) is 178 cm³/mol. The average molecular weight is 677 g/mol. The van der Waals surface area contributed by atoms with E-state index in [1.165, 1.54) is 0 Å². The molecule has 0 fully saturated rings. The highest BCUT2D eigenvalue weighted by Gasteiger charge is 2.34. The van der Waals surface area contributed by atoms with Gasteiger partial charge < -0.3 is 42.6 Å². The normalized spacial score (nSPS) is 15.2. The van der Waals surface area contributed by atoms with Crippen LogP contribution in [0.1, 0.15) is 72.1 Å². The summed E-state index contributed by atoms with van der Waals surface area (Å²) in [5.41, 5.74) is -1.26. The molecule has 47 heavy (non-hydrogen) atoms. The smallest absolute Gasteiger partial charge is 0.309 e. The van der Waals surface area contributed by atoms with Crippen LogP contribution in [-0.4, -0.2) is 120 Å². The molecule has 0 radical (unpaired) electrons. The van der Waals surface area contributed by atoms with E-state index >= 15 is 0 Å². The number of carbonyl (C=O) groups excluding carboxylic acids is 3. The molecule has 3 unspecified atom stereocenters. The van der Waals surface area contributed by atoms with Crippen molar-refractivity contribution in [2.24, 2.45) is 22.2 Å². The fraction of sp³-hybridized carbons (Fsp3) is 0.857. The molecule has 0 aromatic rings. The topological polar surface area (TPSA) is 134 Å². The van der Waals surface area contributed by atoms with Gasteiger partial charge in [-0.05, 0) is 38.5 Å². The molecule has 0 spiro atoms. The lowest BCUT2D eigenvalue weighted by molar-refractivity contribution is -0.161. The van der Waals surface area contributed by atoms with E-state index in [9.17, 15) is 14.4 Å². The van der Waals surface area contributed by atoms with Crippen LogP contribution in [0, 0.1) is 22.2 Å². The van der Waals surface area contributed by atoms with E-state index in [-0.39, 0.29) is 39.1 Å². The molecule has 0 aromatic heterocycles. The maximum Gasteiger partial charge on any atom is 0.309 e. The van der Waals surface area contributed by atoms with Crippen LogP contribution in [0.2, 0.25) is 0 Å². The van der Waals surface area contributed by atoms with Crippen LogP contribution in [0.5, 0.6) is 0 Å². The second-order valence-corrected chi connectivity index (χ2v) is 12.5. The summed E-state index contributed by atoms with van der Waals surface area (Å²) >= 11 is 0. The minimum absolute atomic E-state index is 0.00527. The first kappa shape index (κ1) is 44.9. The summed E-state index contributed by atoms with van der Waals surface area (Å²) in [5.74, 6) is -2.27. The third kappa shape index (κ3) is 17.8. The zero-order chi connectivity index (χ0) is 35.6. The lowest BCUT2D eigenvalue weighted by atomic mass is 9.83. The summed E-state index contributed by atoms with van der Waals surface area (Å²) < 4.78 is 49.1. The standard InChI is InChI=1S/C35H64O12/c1-10-33(22-41-6,17-19-39-4)26-46-31(37)21-29(32(38)47-27-34(11-2,23-42-7)18-20-40-5)15-13-14-16-30(36)45-28-35(12-3,24-43-8)25-44-9/h13-14,29H,10-12,15-28H2,1-9H3. The Balaban J connectivity index is 5.67. The number of allylic oxidation sites excluding steroid dienone is 1. The fourth-order valence-electron chi connectivity index (χ4n) is 5.26. The van der Waals surface area contributed by atoms with Crippen LogP contribution in [-0.2, 0) is 57.0 Å². The molecular weight excluding hydrogens is 612 g/mol. The highest BCUT2D eigenvalue weighted by Crippen LogP contribution is 2.30. The molecule has 3 atom stereocenters. The van der Waals surface area contributed by atoms with Crippen molar-refractivity contribution in [1.29, 1.82) is 0 Å². The van der Waals surface area contributed by atoms with Crippen molar-refractivity contribution in [3.8, 4) is 0 Å². The van der Waals surface area contributed by atoms with E-state index in [0.717, 1.165) is 6.42 Å². The van der Waals surface area contributed by atoms with Crippen molar-refractivity contribution in [2.75, 3.05) is 102 Å². The Morgan fingerprint density at radius 3 is 1.40 bits per heavy atom. The van der Waals surface area contributed by atoms with Gasteiger partial charge in [-0.1, -0.05) is 32.9 Å². The van der Waals surface area contributed by atoms with Crippen molar-refractivity contribution in [1.82, 2.24) is 0 Å². The minimum Gasteiger partial charge on any atom is -0.465 e. The van der Waals surface area contributed by atoms with E-state index in [2.05, 4.69) is 0 Å². The van der Waals surface area contributed by atoms with Gasteiger partial charge in [0.25, 0.3) is 0 Å². The van der Waals surface area contributed by atoms with E-state index in [1.807, 2.05) is 20.8 Å². The zero-order valence-electron chi connectivity index (χ0n) is 30.7. The molecule has 0 saturated carbocycles. The van der Waals surface area contributed by atoms with Crippen molar-refractivity contribution >= 4 is 17.9 Å². The van der Waals surface area contributed by atoms with Crippen molar-refractivity contribution in [3.63, 3.8) is 0 Å². The minimum atomic E-state index is -0.817. The Kier molecular flexibility index (Phi) is 24.7. The van der Waals surface area contributed by atoms with Crippen LogP contribution >= 0.6 is 0 Å². The van der Waals surface area contributed by atoms with E-state index in [4.69, 9.17) is 42.6 Å². The molecule has 0 aliphatic carbocycles. The summed E-state index contributed by atoms with van der Waals surface area (Å²) in [5, 5.41) is 0. The van der Waals surface area contributed by atoms with E-state index < -0.39 is 40.1 Å². The van der Waals surface area contributed by atoms with Gasteiger partial charge >= 0.3 is 17.9 Å². The molecule has 0 heterocycles. The highest BCUT2D eigenvalue weighted by molar-refractivity contribution is 5.80. The molecule has 12 heteroatoms. The Bertz CT molecular complexity index is 873. The molecule has 0 rings (SSSR count). The predicted octanol–water partition coefficient (Wildman–Crippen LogP) is 4.81. The summed E-state index contributed by atoms with van der Waals surface area (Å²) in [6.45, 7) is 9.01. The quantitative estimate of drug-likeness (QED) is 0.0587. The summed E-state index contributed by atoms with van der Waals surface area (Å²) in [4.78, 5) is 39.1. The summed E-state index contributed by atoms with van der Waals surface area (Å²) in [6, 6.07) is 0. The summed E-state index contributed by atoms with van der Waals surface area (Å²) in [6.07, 6.45) is 6.78. The summed E-state index contributed by atoms with van der Waals surface area (Å²) in [7, 11) is 9.66. The maximum atomic E-state index is 13.4. The van der Waals surface area contributed by atoms with Crippen LogP contribution in [0.3, 0.4) is 0 Å². The van der Waals surface area contributed by atoms with Gasteiger partial charge in [0.05, 0.1) is 63.8 Å². The number of ether oxygens (including phenoxy) is 9. The monoisotopic (exact) mass is 676 g/mol. The highest BCUT2D eigenvalue weighted by atomic mass is 16.6. The molecule has 0 N–H and O–H groups in total. The number of rotatable bonds is 30. The van der Waals surface area contributed by atoms with E-state index in [1.54, 1.807) is 54.8 Å². The molecule has 0 aromatic carbocycles. The number of hydrogen-bond donors (Lipinski definition) is 0. The molecule has 0 bridgehead atoms. The third-order valence-electron chi connectivity index (χ3n) is 8.94. The lowest BCUT2D eigenvalue weighted by Crippen LogP contribution is -2.36. The Morgan fingerprint density at radius 1 is 0.532 bits per heavy atom. The largest absolute Gasteiger partial charge is 0.465 e. The lowest BCUT2D eigenvalue weighted by Gasteiger charge is -2.32. The molecule has 0 aliphatic heterocycles. The zero-order valence-corrected chi connectivity index (χ0v) is 30.7. The fourth-order valence-corrected chi connectivity index (χ4v) is 5.26. The van der Waals surface area contributed by atoms with Gasteiger partial charge in [-0.2, -0.15) is 0 Å². The van der Waals surface area contributed by atoms with Gasteiger partial charge in [-0.25, -0.2) is 0 Å². The second-order valence-electron chi connectivity index (χ2n) is 12.5. The van der Waals surface area contributed by atoms with Gasteiger partial charge in [-0.3, -0.25) is 14.4 Å². The van der Waals surface area contributed by atoms with E-state index in [0.29, 0.717) is 65.3 Å². The van der Waals surface area contributed by atoms with Crippen molar-refractivity contribution in [3.05, 3.63) is 12.2 Å². The first-order valence-corrected chi connectivity index (χ1v) is 16.6. The molecule has 0 saturated heterocycles. The maximum absolute atomic E-state index is 13.4. The molecule has 12 nitrogen and oxygen atoms in total. The molecule has 276 valence electrons. The Morgan fingerprint density at radius 2 is 0.957 bits per heavy atom. The second kappa shape index (κ2) is 25.9. The number of carbonyl (C=O) groups is 3. The number of hydrogen-bond acceptors (Lipinski definition) is 12. The SMILES string of the molecule is CCC(CCOC)(COC)COC(=O)CC(CC=CCC(=O)OCC(CC)(COC)COC)C(=O)OCC(CC)(CCOC)COC. The first-order valence-electron chi connectivity index (χ1n) is 16.6. The van der Waals surface area contributed by atoms with Crippen molar-refractivity contribution in [2.45, 2.75) is 72.1 Å². The first-order chi connectivity index (χ1) is 22.5. The van der Waals surface area contributed by atoms with Crippen LogP contribution in [0.15, 0.2) is 12.2 Å². The Hall–Kier alpha value is -2.09. The van der Waals surface area contributed by atoms with Crippen LogP contribution in [0.25, 0.3) is 0 Å². The molecule has 0 amide bonds. The average Bonchev–Trinajstić information content (AvgIpc) is 3.07. The number of methoxy groups -OCH3 is 6. The third-order valence-corrected chi connectivity index (χ3v) is 8.94. The Labute approximate surface area is 283 Å². The number of esters is 3. The molecule has 0 aliphatic rings. The van der Waals surface area contributed by atoms with Gasteiger partial charge in [0, 0.05) is 66.7 Å². The van der Waals surface area contributed by atoms with Crippen LogP contribution < -0.4 is 0 Å². The molecular formula is C35H64O12. The van der Waals surface area contributed by atoms with Gasteiger partial charge in [0.15, 0.2) is 0 Å². The van der Waals surface area contributed by atoms with Gasteiger partial charge in [0.1, 0.15) is 6.61 Å². The van der Waals surface area contributed by atoms with Gasteiger partial charge in [0.2, 0.25) is 0 Å².